The van der Waals surface area contributed by atoms with Gasteiger partial charge in [-0.25, -0.2) is 4.98 Å². The number of nitrogens with zero attached hydrogens (tertiary/aromatic N) is 1. The first-order chi connectivity index (χ1) is 7.65. The summed E-state index contributed by atoms with van der Waals surface area (Å²) in [7, 11) is 0. The number of carbonyl (C=O) groups excluding carboxylic acids is 1. The molecule has 0 saturated heterocycles. The SMILES string of the molecule is Cc1ccnc(NC(=O)c2cc(Cl)c[nH]2)c1. The van der Waals surface area contributed by atoms with E-state index in [9.17, 15) is 4.79 Å². The molecule has 1 amide bonds. The van der Waals surface area contributed by atoms with Crippen LogP contribution in [0.15, 0.2) is 30.6 Å². The number of carbonyl (C=O) groups is 1. The van der Waals surface area contributed by atoms with Gasteiger partial charge in [-0.3, -0.25) is 4.79 Å². The van der Waals surface area contributed by atoms with Crippen LogP contribution in [-0.2, 0) is 0 Å². The summed E-state index contributed by atoms with van der Waals surface area (Å²) in [5, 5.41) is 3.17. The standard InChI is InChI=1S/C11H10ClN3O/c1-7-2-3-13-10(4-7)15-11(16)9-5-8(12)6-14-9/h2-6,14H,1H3,(H,13,15,16). The first-order valence-electron chi connectivity index (χ1n) is 4.73. The van der Waals surface area contributed by atoms with Crippen molar-refractivity contribution in [1.29, 1.82) is 0 Å². The van der Waals surface area contributed by atoms with Gasteiger partial charge in [0, 0.05) is 12.4 Å². The number of aromatic amines is 1. The molecule has 0 unspecified atom stereocenters. The third-order valence-corrected chi connectivity index (χ3v) is 2.27. The van der Waals surface area contributed by atoms with Crippen molar-refractivity contribution >= 4 is 23.3 Å². The Bertz CT molecular complexity index is 521. The van der Waals surface area contributed by atoms with E-state index in [4.69, 9.17) is 11.6 Å². The quantitative estimate of drug-likeness (QED) is 0.841. The molecule has 0 aliphatic heterocycles. The molecule has 0 aliphatic carbocycles. The zero-order valence-corrected chi connectivity index (χ0v) is 9.38. The maximum atomic E-state index is 11.7. The predicted molar refractivity (Wildman–Crippen MR) is 62.7 cm³/mol. The molecule has 0 aliphatic rings. The van der Waals surface area contributed by atoms with Crippen LogP contribution >= 0.6 is 11.6 Å². The topological polar surface area (TPSA) is 57.8 Å². The molecule has 2 N–H and O–H groups in total. The largest absolute Gasteiger partial charge is 0.356 e. The number of halogens is 1. The zero-order valence-electron chi connectivity index (χ0n) is 8.62. The lowest BCUT2D eigenvalue weighted by Gasteiger charge is -2.02. The summed E-state index contributed by atoms with van der Waals surface area (Å²) in [5.41, 5.74) is 1.45. The van der Waals surface area contributed by atoms with Crippen LogP contribution < -0.4 is 5.32 Å². The van der Waals surface area contributed by atoms with Gasteiger partial charge in [0.25, 0.3) is 5.91 Å². The molecule has 0 saturated carbocycles. The molecule has 5 heteroatoms. The lowest BCUT2D eigenvalue weighted by Crippen LogP contribution is -2.13. The van der Waals surface area contributed by atoms with E-state index >= 15 is 0 Å². The first-order valence-corrected chi connectivity index (χ1v) is 5.11. The van der Waals surface area contributed by atoms with Crippen LogP contribution in [0.3, 0.4) is 0 Å². The lowest BCUT2D eigenvalue weighted by molar-refractivity contribution is 0.102. The molecule has 82 valence electrons. The molecule has 2 rings (SSSR count). The lowest BCUT2D eigenvalue weighted by atomic mass is 10.3. The van der Waals surface area contributed by atoms with Gasteiger partial charge in [-0.1, -0.05) is 11.6 Å². The number of nitrogens with one attached hydrogen (secondary N) is 2. The Morgan fingerprint density at radius 2 is 2.31 bits per heavy atom. The molecule has 2 aromatic heterocycles. The Hall–Kier alpha value is -1.81. The number of amides is 1. The van der Waals surface area contributed by atoms with Crippen molar-refractivity contribution in [2.24, 2.45) is 0 Å². The van der Waals surface area contributed by atoms with Crippen molar-refractivity contribution in [3.05, 3.63) is 46.9 Å². The van der Waals surface area contributed by atoms with Crippen LogP contribution in [0.5, 0.6) is 0 Å². The van der Waals surface area contributed by atoms with Crippen LogP contribution in [-0.4, -0.2) is 15.9 Å². The summed E-state index contributed by atoms with van der Waals surface area (Å²) in [6.45, 7) is 1.93. The highest BCUT2D eigenvalue weighted by molar-refractivity contribution is 6.31. The van der Waals surface area contributed by atoms with Gasteiger partial charge in [0.15, 0.2) is 0 Å². The van der Waals surface area contributed by atoms with Crippen LogP contribution in [0.25, 0.3) is 0 Å². The minimum Gasteiger partial charge on any atom is -0.356 e. The van der Waals surface area contributed by atoms with Crippen LogP contribution in [0.2, 0.25) is 5.02 Å². The molecule has 4 nitrogen and oxygen atoms in total. The number of pyridine rings is 1. The highest BCUT2D eigenvalue weighted by Crippen LogP contribution is 2.11. The van der Waals surface area contributed by atoms with E-state index in [-0.39, 0.29) is 5.91 Å². The Morgan fingerprint density at radius 1 is 1.50 bits per heavy atom. The fourth-order valence-corrected chi connectivity index (χ4v) is 1.45. The number of rotatable bonds is 2. The van der Waals surface area contributed by atoms with Gasteiger partial charge >= 0.3 is 0 Å². The maximum absolute atomic E-state index is 11.7. The predicted octanol–water partition coefficient (Wildman–Crippen LogP) is 2.62. The number of hydrogen-bond donors (Lipinski definition) is 2. The maximum Gasteiger partial charge on any atom is 0.273 e. The molecular formula is C11H10ClN3O. The van der Waals surface area contributed by atoms with Gasteiger partial charge in [0.1, 0.15) is 11.5 Å². The summed E-state index contributed by atoms with van der Waals surface area (Å²) >= 11 is 5.71. The molecule has 0 bridgehead atoms. The number of hydrogen-bond acceptors (Lipinski definition) is 2. The van der Waals surface area contributed by atoms with Crippen molar-refractivity contribution in [2.75, 3.05) is 5.32 Å². The Kier molecular flexibility index (Phi) is 2.92. The second-order valence-electron chi connectivity index (χ2n) is 3.40. The highest BCUT2D eigenvalue weighted by atomic mass is 35.5. The summed E-state index contributed by atoms with van der Waals surface area (Å²) in [4.78, 5) is 18.5. The van der Waals surface area contributed by atoms with Crippen molar-refractivity contribution in [3.8, 4) is 0 Å². The van der Waals surface area contributed by atoms with E-state index < -0.39 is 0 Å². The second kappa shape index (κ2) is 4.37. The van der Waals surface area contributed by atoms with Crippen molar-refractivity contribution in [2.45, 2.75) is 6.92 Å². The average molecular weight is 236 g/mol. The van der Waals surface area contributed by atoms with E-state index in [1.807, 2.05) is 13.0 Å². The Balaban J connectivity index is 2.13. The van der Waals surface area contributed by atoms with Gasteiger partial charge in [-0.05, 0) is 30.7 Å². The number of aromatic nitrogens is 2. The average Bonchev–Trinajstić information content (AvgIpc) is 2.65. The van der Waals surface area contributed by atoms with Gasteiger partial charge in [0.2, 0.25) is 0 Å². The minimum absolute atomic E-state index is 0.259. The van der Waals surface area contributed by atoms with Crippen LogP contribution in [0, 0.1) is 6.92 Å². The smallest absolute Gasteiger partial charge is 0.273 e. The fraction of sp³-hybridized carbons (Fsp3) is 0.0909. The molecule has 0 spiro atoms. The molecule has 0 aromatic carbocycles. The van der Waals surface area contributed by atoms with E-state index in [1.54, 1.807) is 24.5 Å². The summed E-state index contributed by atoms with van der Waals surface area (Å²) in [5.74, 6) is 0.265. The van der Waals surface area contributed by atoms with E-state index in [0.29, 0.717) is 16.5 Å². The highest BCUT2D eigenvalue weighted by Gasteiger charge is 2.08. The number of anilines is 1. The molecular weight excluding hydrogens is 226 g/mol. The zero-order chi connectivity index (χ0) is 11.5. The molecule has 2 heterocycles. The Morgan fingerprint density at radius 3 is 2.94 bits per heavy atom. The molecule has 2 aromatic rings. The van der Waals surface area contributed by atoms with Crippen LogP contribution in [0.1, 0.15) is 16.1 Å². The Labute approximate surface area is 97.7 Å². The summed E-state index contributed by atoms with van der Waals surface area (Å²) in [6, 6.07) is 5.22. The third-order valence-electron chi connectivity index (χ3n) is 2.05. The fourth-order valence-electron chi connectivity index (χ4n) is 1.29. The molecule has 0 fully saturated rings. The third kappa shape index (κ3) is 2.41. The minimum atomic E-state index is -0.259. The monoisotopic (exact) mass is 235 g/mol. The van der Waals surface area contributed by atoms with Gasteiger partial charge < -0.3 is 10.3 Å². The molecule has 16 heavy (non-hydrogen) atoms. The van der Waals surface area contributed by atoms with Gasteiger partial charge in [-0.2, -0.15) is 0 Å². The first kappa shape index (κ1) is 10.7. The number of aryl methyl sites for hydroxylation is 1. The molecule has 0 radical (unpaired) electrons. The van der Waals surface area contributed by atoms with Crippen molar-refractivity contribution < 1.29 is 4.79 Å². The van der Waals surface area contributed by atoms with Crippen molar-refractivity contribution in [3.63, 3.8) is 0 Å². The van der Waals surface area contributed by atoms with Gasteiger partial charge in [0.05, 0.1) is 5.02 Å². The van der Waals surface area contributed by atoms with E-state index in [1.165, 1.54) is 0 Å². The van der Waals surface area contributed by atoms with Crippen molar-refractivity contribution in [1.82, 2.24) is 9.97 Å². The summed E-state index contributed by atoms with van der Waals surface area (Å²) in [6.07, 6.45) is 3.20. The van der Waals surface area contributed by atoms with E-state index in [2.05, 4.69) is 15.3 Å². The van der Waals surface area contributed by atoms with E-state index in [0.717, 1.165) is 5.56 Å². The van der Waals surface area contributed by atoms with Crippen LogP contribution in [0.4, 0.5) is 5.82 Å². The van der Waals surface area contributed by atoms with Gasteiger partial charge in [-0.15, -0.1) is 0 Å². The normalized spacial score (nSPS) is 10.1. The summed E-state index contributed by atoms with van der Waals surface area (Å²) < 4.78 is 0. The number of H-pyrrole nitrogens is 1. The second-order valence-corrected chi connectivity index (χ2v) is 3.84. The molecule has 0 atom stereocenters.